The van der Waals surface area contributed by atoms with Crippen LogP contribution in [-0.4, -0.2) is 12.0 Å². The molecule has 3 nitrogen and oxygen atoms in total. The largest absolute Gasteiger partial charge is 0.312 e. The smallest absolute Gasteiger partial charge is 0.107 e. The fourth-order valence-corrected chi connectivity index (χ4v) is 3.00. The Kier molecular flexibility index (Phi) is 2.80. The molecule has 1 aliphatic carbocycles. The van der Waals surface area contributed by atoms with Gasteiger partial charge in [-0.2, -0.15) is 5.26 Å². The van der Waals surface area contributed by atoms with Gasteiger partial charge in [0.1, 0.15) is 5.01 Å². The van der Waals surface area contributed by atoms with Gasteiger partial charge >= 0.3 is 0 Å². The lowest BCUT2D eigenvalue weighted by Gasteiger charge is -2.19. The number of hydrogen-bond donors (Lipinski definition) is 1. The molecule has 0 amide bonds. The summed E-state index contributed by atoms with van der Waals surface area (Å²) in [5.41, 5.74) is 1.19. The van der Waals surface area contributed by atoms with E-state index in [4.69, 9.17) is 5.26 Å². The molecule has 2 rings (SSSR count). The molecular weight excluding hydrogens is 194 g/mol. The number of aryl methyl sites for hydroxylation is 1. The Hall–Kier alpha value is -0.920. The molecule has 0 fully saturated rings. The summed E-state index contributed by atoms with van der Waals surface area (Å²) < 4.78 is 0. The normalized spacial score (nSPS) is 20.1. The molecule has 0 saturated heterocycles. The van der Waals surface area contributed by atoms with Gasteiger partial charge in [0.15, 0.2) is 0 Å². The Morgan fingerprint density at radius 1 is 1.71 bits per heavy atom. The highest BCUT2D eigenvalue weighted by Gasteiger charge is 2.22. The topological polar surface area (TPSA) is 48.7 Å². The summed E-state index contributed by atoms with van der Waals surface area (Å²) in [6, 6.07) is 2.56. The Labute approximate surface area is 87.8 Å². The quantitative estimate of drug-likeness (QED) is 0.804. The molecule has 1 atom stereocenters. The average Bonchev–Trinajstić information content (AvgIpc) is 2.60. The van der Waals surface area contributed by atoms with Crippen LogP contribution in [0, 0.1) is 11.3 Å². The van der Waals surface area contributed by atoms with Crippen LogP contribution >= 0.6 is 11.3 Å². The predicted octanol–water partition coefficient (Wildman–Crippen LogP) is 1.81. The maximum atomic E-state index is 8.61. The molecule has 1 N–H and O–H groups in total. The van der Waals surface area contributed by atoms with Gasteiger partial charge in [-0.3, -0.25) is 0 Å². The molecule has 0 bridgehead atoms. The molecule has 1 unspecified atom stereocenters. The summed E-state index contributed by atoms with van der Waals surface area (Å²) in [6.45, 7) is 0. The van der Waals surface area contributed by atoms with Gasteiger partial charge in [0.2, 0.25) is 0 Å². The third kappa shape index (κ3) is 1.66. The van der Waals surface area contributed by atoms with Gasteiger partial charge in [0, 0.05) is 4.88 Å². The Bertz CT molecular complexity index is 364. The summed E-state index contributed by atoms with van der Waals surface area (Å²) >= 11 is 1.71. The van der Waals surface area contributed by atoms with Crippen molar-refractivity contribution in [3.8, 4) is 6.07 Å². The zero-order chi connectivity index (χ0) is 9.97. The van der Waals surface area contributed by atoms with Gasteiger partial charge in [-0.25, -0.2) is 4.98 Å². The van der Waals surface area contributed by atoms with Crippen molar-refractivity contribution in [1.82, 2.24) is 10.3 Å². The fraction of sp³-hybridized carbons (Fsp3) is 0.600. The summed E-state index contributed by atoms with van der Waals surface area (Å²) in [7, 11) is 1.98. The molecule has 0 saturated carbocycles. The van der Waals surface area contributed by atoms with Gasteiger partial charge in [-0.1, -0.05) is 0 Å². The first-order valence-corrected chi connectivity index (χ1v) is 5.69. The van der Waals surface area contributed by atoms with Crippen molar-refractivity contribution in [3.05, 3.63) is 15.6 Å². The van der Waals surface area contributed by atoms with Crippen molar-refractivity contribution >= 4 is 11.3 Å². The summed E-state index contributed by atoms with van der Waals surface area (Å²) in [5.74, 6) is 0. The molecule has 0 radical (unpaired) electrons. The SMILES string of the molecule is CNC1CCCc2sc(CC#N)nc21. The van der Waals surface area contributed by atoms with E-state index in [0.29, 0.717) is 12.5 Å². The molecule has 1 aliphatic rings. The van der Waals surface area contributed by atoms with E-state index in [-0.39, 0.29) is 0 Å². The number of hydrogen-bond acceptors (Lipinski definition) is 4. The van der Waals surface area contributed by atoms with Crippen molar-refractivity contribution in [2.24, 2.45) is 0 Å². The number of thiazole rings is 1. The highest BCUT2D eigenvalue weighted by Crippen LogP contribution is 2.32. The highest BCUT2D eigenvalue weighted by atomic mass is 32.1. The van der Waals surface area contributed by atoms with E-state index in [0.717, 1.165) is 11.4 Å². The number of nitriles is 1. The van der Waals surface area contributed by atoms with Gasteiger partial charge in [0.25, 0.3) is 0 Å². The second kappa shape index (κ2) is 4.07. The number of rotatable bonds is 2. The summed E-state index contributed by atoms with van der Waals surface area (Å²) in [5, 5.41) is 12.9. The fourth-order valence-electron chi connectivity index (χ4n) is 1.89. The summed E-state index contributed by atoms with van der Waals surface area (Å²) in [6.07, 6.45) is 3.98. The molecule has 1 aromatic heterocycles. The molecule has 74 valence electrons. The minimum Gasteiger partial charge on any atom is -0.312 e. The molecule has 1 heterocycles. The number of nitrogens with one attached hydrogen (secondary N) is 1. The lowest BCUT2D eigenvalue weighted by Crippen LogP contribution is -2.21. The molecule has 0 spiro atoms. The van der Waals surface area contributed by atoms with Crippen LogP contribution in [0.4, 0.5) is 0 Å². The van der Waals surface area contributed by atoms with E-state index in [1.54, 1.807) is 11.3 Å². The molecule has 14 heavy (non-hydrogen) atoms. The molecule has 1 aromatic rings. The second-order valence-corrected chi connectivity index (χ2v) is 4.65. The third-order valence-corrected chi connectivity index (χ3v) is 3.71. The van der Waals surface area contributed by atoms with Crippen molar-refractivity contribution in [2.75, 3.05) is 7.05 Å². The molecule has 0 aromatic carbocycles. The first-order chi connectivity index (χ1) is 6.85. The Morgan fingerprint density at radius 3 is 3.29 bits per heavy atom. The standard InChI is InChI=1S/C10H13N3S/c1-12-7-3-2-4-8-10(7)13-9(14-8)5-6-11/h7,12H,2-5H2,1H3. The Balaban J connectivity index is 2.29. The minimum atomic E-state index is 0.405. The average molecular weight is 207 g/mol. The van der Waals surface area contributed by atoms with E-state index >= 15 is 0 Å². The van der Waals surface area contributed by atoms with Gasteiger partial charge < -0.3 is 5.32 Å². The third-order valence-electron chi connectivity index (χ3n) is 2.58. The summed E-state index contributed by atoms with van der Waals surface area (Å²) in [4.78, 5) is 5.90. The zero-order valence-electron chi connectivity index (χ0n) is 8.21. The van der Waals surface area contributed by atoms with Crippen LogP contribution in [0.2, 0.25) is 0 Å². The first kappa shape index (κ1) is 9.63. The maximum Gasteiger partial charge on any atom is 0.107 e. The van der Waals surface area contributed by atoms with Crippen molar-refractivity contribution in [2.45, 2.75) is 31.7 Å². The molecule has 4 heteroatoms. The van der Waals surface area contributed by atoms with Crippen LogP contribution in [0.25, 0.3) is 0 Å². The van der Waals surface area contributed by atoms with Crippen LogP contribution in [0.15, 0.2) is 0 Å². The van der Waals surface area contributed by atoms with E-state index < -0.39 is 0 Å². The van der Waals surface area contributed by atoms with Crippen molar-refractivity contribution in [3.63, 3.8) is 0 Å². The van der Waals surface area contributed by atoms with Crippen LogP contribution in [-0.2, 0) is 12.8 Å². The lowest BCUT2D eigenvalue weighted by atomic mass is 9.98. The van der Waals surface area contributed by atoms with E-state index in [1.807, 2.05) is 7.05 Å². The monoisotopic (exact) mass is 207 g/mol. The highest BCUT2D eigenvalue weighted by molar-refractivity contribution is 7.11. The second-order valence-electron chi connectivity index (χ2n) is 3.48. The first-order valence-electron chi connectivity index (χ1n) is 4.88. The molecular formula is C10H13N3S. The van der Waals surface area contributed by atoms with Crippen molar-refractivity contribution < 1.29 is 0 Å². The predicted molar refractivity (Wildman–Crippen MR) is 56.2 cm³/mol. The van der Waals surface area contributed by atoms with Crippen LogP contribution in [0.3, 0.4) is 0 Å². The number of aromatic nitrogens is 1. The van der Waals surface area contributed by atoms with E-state index in [1.165, 1.54) is 23.4 Å². The van der Waals surface area contributed by atoms with Crippen molar-refractivity contribution in [1.29, 1.82) is 5.26 Å². The van der Waals surface area contributed by atoms with Crippen LogP contribution in [0.5, 0.6) is 0 Å². The number of nitrogens with zero attached hydrogens (tertiary/aromatic N) is 2. The van der Waals surface area contributed by atoms with Gasteiger partial charge in [-0.15, -0.1) is 11.3 Å². The van der Waals surface area contributed by atoms with E-state index in [9.17, 15) is 0 Å². The van der Waals surface area contributed by atoms with Gasteiger partial charge in [0.05, 0.1) is 24.2 Å². The van der Waals surface area contributed by atoms with Crippen LogP contribution in [0.1, 0.15) is 34.5 Å². The van der Waals surface area contributed by atoms with Crippen LogP contribution < -0.4 is 5.32 Å². The maximum absolute atomic E-state index is 8.61. The minimum absolute atomic E-state index is 0.405. The van der Waals surface area contributed by atoms with E-state index in [2.05, 4.69) is 16.4 Å². The van der Waals surface area contributed by atoms with Gasteiger partial charge in [-0.05, 0) is 26.3 Å². The lowest BCUT2D eigenvalue weighted by molar-refractivity contribution is 0.489. The Morgan fingerprint density at radius 2 is 2.57 bits per heavy atom. The molecule has 0 aliphatic heterocycles. The number of fused-ring (bicyclic) bond motifs is 1. The zero-order valence-corrected chi connectivity index (χ0v) is 9.02.